The van der Waals surface area contributed by atoms with Gasteiger partial charge in [0.1, 0.15) is 0 Å². The molecule has 4 nitrogen and oxygen atoms in total. The number of likely N-dealkylation sites (tertiary alicyclic amines) is 2. The number of nitrogens with zero attached hydrogens (tertiary/aromatic N) is 3. The van der Waals surface area contributed by atoms with Crippen molar-refractivity contribution in [1.29, 1.82) is 0 Å². The van der Waals surface area contributed by atoms with Gasteiger partial charge in [0.2, 0.25) is 0 Å². The summed E-state index contributed by atoms with van der Waals surface area (Å²) >= 11 is 0. The van der Waals surface area contributed by atoms with Gasteiger partial charge in [-0.05, 0) is 101 Å². The van der Waals surface area contributed by atoms with Crippen molar-refractivity contribution in [2.24, 2.45) is 0 Å². The van der Waals surface area contributed by atoms with Gasteiger partial charge in [0, 0.05) is 35.7 Å². The Morgan fingerprint density at radius 2 is 1.74 bits per heavy atom. The van der Waals surface area contributed by atoms with Crippen LogP contribution in [0.15, 0.2) is 48.5 Å². The highest BCUT2D eigenvalue weighted by atomic mass is 15.2. The normalized spacial score (nSPS) is 17.7. The van der Waals surface area contributed by atoms with E-state index in [1.165, 1.54) is 73.9 Å². The van der Waals surface area contributed by atoms with Crippen LogP contribution in [0.3, 0.4) is 0 Å². The number of hydrogen-bond acceptors (Lipinski definition) is 3. The van der Waals surface area contributed by atoms with E-state index >= 15 is 0 Å². The molecule has 1 N–H and O–H groups in total. The minimum atomic E-state index is 0.646. The summed E-state index contributed by atoms with van der Waals surface area (Å²) < 4.78 is 2.36. The predicted octanol–water partition coefficient (Wildman–Crippen LogP) is 5.49. The highest BCUT2D eigenvalue weighted by molar-refractivity contribution is 5.85. The molecular weight excluding hydrogens is 416 g/mol. The molecule has 5 rings (SSSR count). The van der Waals surface area contributed by atoms with Gasteiger partial charge in [0.25, 0.3) is 0 Å². The summed E-state index contributed by atoms with van der Waals surface area (Å²) in [6, 6.07) is 18.4. The van der Waals surface area contributed by atoms with Crippen LogP contribution in [0, 0.1) is 18.8 Å². The fourth-order valence-electron chi connectivity index (χ4n) is 5.67. The fourth-order valence-corrected chi connectivity index (χ4v) is 5.67. The zero-order valence-corrected chi connectivity index (χ0v) is 20.8. The molecule has 2 fully saturated rings. The molecule has 0 saturated carbocycles. The van der Waals surface area contributed by atoms with Gasteiger partial charge in [-0.1, -0.05) is 35.7 Å². The van der Waals surface area contributed by atoms with E-state index in [4.69, 9.17) is 0 Å². The molecule has 34 heavy (non-hydrogen) atoms. The van der Waals surface area contributed by atoms with Crippen molar-refractivity contribution < 1.29 is 0 Å². The van der Waals surface area contributed by atoms with Crippen molar-refractivity contribution in [2.75, 3.05) is 38.0 Å². The van der Waals surface area contributed by atoms with Crippen LogP contribution in [0.2, 0.25) is 0 Å². The van der Waals surface area contributed by atoms with E-state index in [0.29, 0.717) is 6.54 Å². The average molecular weight is 455 g/mol. The lowest BCUT2D eigenvalue weighted by atomic mass is 10.0. The number of piperidine rings is 1. The molecule has 0 aliphatic carbocycles. The first-order chi connectivity index (χ1) is 16.7. The summed E-state index contributed by atoms with van der Waals surface area (Å²) in [6.07, 6.45) is 5.42. The third-order valence-electron chi connectivity index (χ3n) is 7.61. The third-order valence-corrected chi connectivity index (χ3v) is 7.61. The van der Waals surface area contributed by atoms with Crippen LogP contribution in [0.1, 0.15) is 49.4 Å². The first kappa shape index (κ1) is 23.0. The first-order valence-corrected chi connectivity index (χ1v) is 13.1. The van der Waals surface area contributed by atoms with Gasteiger partial charge in [-0.15, -0.1) is 0 Å². The standard InChI is InChI=1S/C30H38N4/c1-3-34-28(9-7-17-31-26-13-11-24(2)12-14-26)22-29-25(8-6-10-30(29)34)23-32-20-15-27(16-21-32)33-18-4-5-19-33/h6,8,10-14,22,27,31H,3-5,15-21,23H2,1-2H3. The largest absolute Gasteiger partial charge is 0.374 e. The number of aryl methyl sites for hydroxylation is 2. The van der Waals surface area contributed by atoms with E-state index < -0.39 is 0 Å². The van der Waals surface area contributed by atoms with Crippen molar-refractivity contribution in [3.05, 3.63) is 65.4 Å². The molecule has 0 bridgehead atoms. The molecule has 3 aromatic rings. The molecule has 0 spiro atoms. The van der Waals surface area contributed by atoms with Gasteiger partial charge in [0.05, 0.1) is 12.2 Å². The lowest BCUT2D eigenvalue weighted by molar-refractivity contribution is 0.123. The Morgan fingerprint density at radius 3 is 2.47 bits per heavy atom. The molecule has 0 radical (unpaired) electrons. The second-order valence-corrected chi connectivity index (χ2v) is 9.90. The highest BCUT2D eigenvalue weighted by Gasteiger charge is 2.26. The Kier molecular flexibility index (Phi) is 7.23. The van der Waals surface area contributed by atoms with E-state index in [1.807, 2.05) is 0 Å². The van der Waals surface area contributed by atoms with Crippen LogP contribution in [0.25, 0.3) is 10.9 Å². The molecule has 1 aromatic heterocycles. The van der Waals surface area contributed by atoms with Crippen LogP contribution < -0.4 is 5.32 Å². The van der Waals surface area contributed by atoms with Gasteiger partial charge in [0.15, 0.2) is 0 Å². The zero-order valence-electron chi connectivity index (χ0n) is 20.8. The maximum Gasteiger partial charge on any atom is 0.0931 e. The maximum absolute atomic E-state index is 3.43. The number of hydrogen-bond donors (Lipinski definition) is 1. The lowest BCUT2D eigenvalue weighted by Crippen LogP contribution is -2.43. The van der Waals surface area contributed by atoms with Crippen molar-refractivity contribution in [1.82, 2.24) is 14.4 Å². The number of rotatable bonds is 6. The average Bonchev–Trinajstić information content (AvgIpc) is 3.52. The van der Waals surface area contributed by atoms with Gasteiger partial charge in [-0.2, -0.15) is 0 Å². The summed E-state index contributed by atoms with van der Waals surface area (Å²) in [5, 5.41) is 4.77. The van der Waals surface area contributed by atoms with Gasteiger partial charge < -0.3 is 14.8 Å². The van der Waals surface area contributed by atoms with Gasteiger partial charge in [-0.25, -0.2) is 0 Å². The smallest absolute Gasteiger partial charge is 0.0931 e. The molecule has 3 heterocycles. The SMILES string of the molecule is CCn1c(C#CCNc2ccc(C)cc2)cc2c(CN3CCC(N4CCCC4)CC3)cccc21. The topological polar surface area (TPSA) is 23.4 Å². The van der Waals surface area contributed by atoms with E-state index in [-0.39, 0.29) is 0 Å². The number of anilines is 1. The number of benzene rings is 2. The third kappa shape index (κ3) is 5.17. The molecule has 0 unspecified atom stereocenters. The summed E-state index contributed by atoms with van der Waals surface area (Å²) in [4.78, 5) is 5.39. The van der Waals surface area contributed by atoms with Crippen LogP contribution in [-0.2, 0) is 13.1 Å². The molecule has 4 heteroatoms. The minimum Gasteiger partial charge on any atom is -0.374 e. The molecule has 2 aliphatic rings. The van der Waals surface area contributed by atoms with Crippen molar-refractivity contribution in [3.8, 4) is 11.8 Å². The second kappa shape index (κ2) is 10.7. The molecule has 0 atom stereocenters. The van der Waals surface area contributed by atoms with E-state index in [0.717, 1.165) is 30.5 Å². The van der Waals surface area contributed by atoms with Crippen molar-refractivity contribution >= 4 is 16.6 Å². The Bertz CT molecular complexity index is 1150. The predicted molar refractivity (Wildman–Crippen MR) is 143 cm³/mol. The second-order valence-electron chi connectivity index (χ2n) is 9.90. The van der Waals surface area contributed by atoms with Crippen LogP contribution in [0.5, 0.6) is 0 Å². The molecule has 2 aliphatic heterocycles. The highest BCUT2D eigenvalue weighted by Crippen LogP contribution is 2.27. The van der Waals surface area contributed by atoms with Gasteiger partial charge in [-0.3, -0.25) is 4.90 Å². The van der Waals surface area contributed by atoms with Crippen LogP contribution in [-0.4, -0.2) is 53.1 Å². The summed E-state index contributed by atoms with van der Waals surface area (Å²) in [6.45, 7) is 12.0. The summed E-state index contributed by atoms with van der Waals surface area (Å²) in [5.41, 5.74) is 6.25. The molecule has 2 saturated heterocycles. The van der Waals surface area contributed by atoms with Crippen LogP contribution >= 0.6 is 0 Å². The Balaban J connectivity index is 1.26. The maximum atomic E-state index is 3.43. The molecule has 0 amide bonds. The molecule has 178 valence electrons. The zero-order chi connectivity index (χ0) is 23.3. The number of fused-ring (bicyclic) bond motifs is 1. The Labute approximate surface area is 204 Å². The fraction of sp³-hybridized carbons (Fsp3) is 0.467. The number of aromatic nitrogens is 1. The summed E-state index contributed by atoms with van der Waals surface area (Å²) in [5.74, 6) is 6.77. The molecule has 2 aromatic carbocycles. The van der Waals surface area contributed by atoms with E-state index in [1.54, 1.807) is 0 Å². The Hall–Kier alpha value is -2.74. The van der Waals surface area contributed by atoms with Crippen molar-refractivity contribution in [2.45, 2.75) is 58.7 Å². The lowest BCUT2D eigenvalue weighted by Gasteiger charge is -2.36. The quantitative estimate of drug-likeness (QED) is 0.498. The monoisotopic (exact) mass is 454 g/mol. The van der Waals surface area contributed by atoms with Crippen molar-refractivity contribution in [3.63, 3.8) is 0 Å². The van der Waals surface area contributed by atoms with Gasteiger partial charge >= 0.3 is 0 Å². The van der Waals surface area contributed by atoms with E-state index in [2.05, 4.69) is 93.9 Å². The summed E-state index contributed by atoms with van der Waals surface area (Å²) in [7, 11) is 0. The Morgan fingerprint density at radius 1 is 0.971 bits per heavy atom. The minimum absolute atomic E-state index is 0.646. The molecular formula is C30H38N4. The number of nitrogens with one attached hydrogen (secondary N) is 1. The van der Waals surface area contributed by atoms with E-state index in [9.17, 15) is 0 Å². The first-order valence-electron chi connectivity index (χ1n) is 13.1. The van der Waals surface area contributed by atoms with Crippen LogP contribution in [0.4, 0.5) is 5.69 Å².